The van der Waals surface area contributed by atoms with E-state index >= 15 is 0 Å². The third-order valence-corrected chi connectivity index (χ3v) is 18.8. The van der Waals surface area contributed by atoms with Gasteiger partial charge in [0.05, 0.1) is 26.4 Å². The fraction of sp³-hybridized carbons (Fsp3) is 0.718. The van der Waals surface area contributed by atoms with Crippen LogP contribution in [0.5, 0.6) is 0 Å². The number of esters is 4. The van der Waals surface area contributed by atoms with E-state index in [0.29, 0.717) is 25.7 Å². The molecular formula is C85H146O17P2. The summed E-state index contributed by atoms with van der Waals surface area (Å²) in [4.78, 5) is 73.1. The third kappa shape index (κ3) is 75.7. The van der Waals surface area contributed by atoms with E-state index < -0.39 is 97.5 Å². The number of carbonyl (C=O) groups excluding carboxylic acids is 4. The molecule has 0 aliphatic rings. The maximum Gasteiger partial charge on any atom is 0.472 e. The van der Waals surface area contributed by atoms with Gasteiger partial charge in [0, 0.05) is 25.7 Å². The smallest absolute Gasteiger partial charge is 0.462 e. The summed E-state index contributed by atoms with van der Waals surface area (Å²) in [5.74, 6) is -2.23. The first-order valence-corrected chi connectivity index (χ1v) is 43.8. The van der Waals surface area contributed by atoms with Crippen molar-refractivity contribution < 1.29 is 80.2 Å². The summed E-state index contributed by atoms with van der Waals surface area (Å²) >= 11 is 0. The number of rotatable bonds is 76. The molecule has 0 saturated heterocycles. The molecule has 0 heterocycles. The fourth-order valence-corrected chi connectivity index (χ4v) is 12.3. The van der Waals surface area contributed by atoms with Crippen LogP contribution >= 0.6 is 15.6 Å². The first kappa shape index (κ1) is 99.5. The molecule has 5 unspecified atom stereocenters. The van der Waals surface area contributed by atoms with Crippen molar-refractivity contribution in [2.24, 2.45) is 0 Å². The first-order valence-electron chi connectivity index (χ1n) is 40.8. The number of hydrogen-bond acceptors (Lipinski definition) is 15. The van der Waals surface area contributed by atoms with Crippen LogP contribution in [0.3, 0.4) is 0 Å². The van der Waals surface area contributed by atoms with Crippen LogP contribution in [0.15, 0.2) is 122 Å². The molecule has 19 heteroatoms. The maximum atomic E-state index is 13.1. The van der Waals surface area contributed by atoms with E-state index in [0.717, 1.165) is 199 Å². The van der Waals surface area contributed by atoms with Crippen LogP contribution in [0.1, 0.15) is 336 Å². The number of hydrogen-bond donors (Lipinski definition) is 3. The molecule has 0 aromatic rings. The molecule has 0 radical (unpaired) electrons. The average Bonchev–Trinajstić information content (AvgIpc) is 0.926. The van der Waals surface area contributed by atoms with Gasteiger partial charge in [-0.05, 0) is 154 Å². The van der Waals surface area contributed by atoms with Crippen molar-refractivity contribution in [3.8, 4) is 0 Å². The highest BCUT2D eigenvalue weighted by Gasteiger charge is 2.30. The minimum atomic E-state index is -4.99. The summed E-state index contributed by atoms with van der Waals surface area (Å²) in [5, 5.41) is 10.7. The molecule has 104 heavy (non-hydrogen) atoms. The molecule has 0 spiro atoms. The number of aliphatic hydroxyl groups excluding tert-OH is 1. The Morgan fingerprint density at radius 3 is 0.798 bits per heavy atom. The van der Waals surface area contributed by atoms with Gasteiger partial charge in [0.15, 0.2) is 12.2 Å². The number of allylic oxidation sites excluding steroid dienone is 20. The number of ether oxygens (including phenoxy) is 4. The van der Waals surface area contributed by atoms with E-state index in [9.17, 15) is 43.2 Å². The third-order valence-electron chi connectivity index (χ3n) is 16.9. The Kier molecular flexibility index (Phi) is 73.3. The summed E-state index contributed by atoms with van der Waals surface area (Å²) in [6.45, 7) is 4.59. The van der Waals surface area contributed by atoms with Gasteiger partial charge in [-0.25, -0.2) is 9.13 Å². The van der Waals surface area contributed by atoms with E-state index in [-0.39, 0.29) is 25.7 Å². The Labute approximate surface area is 632 Å². The fourth-order valence-electron chi connectivity index (χ4n) is 10.7. The standard InChI is InChI=1S/C85H146O17P2/c1-5-9-13-17-21-25-29-33-37-39-43-46-50-54-58-62-66-70-83(88)96-76-81(102-85(90)72-68-64-60-56-52-48-44-40-38-34-30-26-22-18-14-10-6-2)78-100-104(93,94)98-74-79(86)73-97-103(91,92)99-77-80(101-84(89)71-67-63-59-55-51-47-42-36-32-28-24-20-16-12-8-4)75-95-82(87)69-65-61-57-53-49-45-41-35-31-27-23-19-15-11-7-3/h9-10,13-14,21-23,25-27,33-38,41-43,46,79-81,86H,5-8,11-12,15-20,24,28-32,39-40,44-45,47-78H2,1-4H3,(H,91,92)(H,93,94)/b13-9-,14-10-,25-21-,26-22-,27-23-,37-33-,38-34-,41-35-,42-36-,46-43-. The second-order valence-corrected chi connectivity index (χ2v) is 29.8. The summed E-state index contributed by atoms with van der Waals surface area (Å²) in [5.41, 5.74) is 0. The molecule has 0 rings (SSSR count). The molecule has 0 bridgehead atoms. The van der Waals surface area contributed by atoms with Crippen LogP contribution in [0.4, 0.5) is 0 Å². The van der Waals surface area contributed by atoms with Gasteiger partial charge in [-0.15, -0.1) is 0 Å². The van der Waals surface area contributed by atoms with Crippen molar-refractivity contribution >= 4 is 39.5 Å². The van der Waals surface area contributed by atoms with Crippen LogP contribution in [-0.4, -0.2) is 96.7 Å². The Balaban J connectivity index is 5.41. The van der Waals surface area contributed by atoms with Crippen molar-refractivity contribution in [3.63, 3.8) is 0 Å². The SMILES string of the molecule is CC/C=C\C/C=C\C/C=C\C/C=C\CCCCCCC(=O)OCC(COP(=O)(O)OCC(O)COP(=O)(O)OCC(COC(=O)CCCCCCC/C=C\C/C=C\CCCCC)OC(=O)CCCCCCC/C=C\CCCCCCCC)OC(=O)CCCCCCCCC/C=C\C/C=C\C/C=C\CC. The predicted molar refractivity (Wildman–Crippen MR) is 427 cm³/mol. The van der Waals surface area contributed by atoms with Gasteiger partial charge < -0.3 is 33.8 Å². The van der Waals surface area contributed by atoms with Crippen molar-refractivity contribution in [3.05, 3.63) is 122 Å². The lowest BCUT2D eigenvalue weighted by Crippen LogP contribution is -2.30. The Bertz CT molecular complexity index is 2440. The summed E-state index contributed by atoms with van der Waals surface area (Å²) in [6, 6.07) is 0. The van der Waals surface area contributed by atoms with E-state index in [1.807, 2.05) is 0 Å². The number of carbonyl (C=O) groups is 4. The minimum absolute atomic E-state index is 0.0754. The van der Waals surface area contributed by atoms with E-state index in [1.54, 1.807) is 0 Å². The van der Waals surface area contributed by atoms with Gasteiger partial charge in [0.25, 0.3) is 0 Å². The molecule has 3 N–H and O–H groups in total. The zero-order valence-electron chi connectivity index (χ0n) is 65.4. The molecule has 0 amide bonds. The topological polar surface area (TPSA) is 237 Å². The molecule has 0 saturated carbocycles. The average molecular weight is 1500 g/mol. The van der Waals surface area contributed by atoms with Crippen LogP contribution in [0.2, 0.25) is 0 Å². The van der Waals surface area contributed by atoms with Crippen LogP contribution in [-0.2, 0) is 65.4 Å². The lowest BCUT2D eigenvalue weighted by atomic mass is 10.1. The molecular weight excluding hydrogens is 1350 g/mol. The van der Waals surface area contributed by atoms with Gasteiger partial charge in [0.1, 0.15) is 19.3 Å². The van der Waals surface area contributed by atoms with Gasteiger partial charge >= 0.3 is 39.5 Å². The van der Waals surface area contributed by atoms with Crippen LogP contribution in [0, 0.1) is 0 Å². The van der Waals surface area contributed by atoms with E-state index in [2.05, 4.69) is 149 Å². The van der Waals surface area contributed by atoms with Crippen molar-refractivity contribution in [1.29, 1.82) is 0 Å². The summed E-state index contributed by atoms with van der Waals surface area (Å²) < 4.78 is 68.7. The number of phosphoric acid groups is 2. The molecule has 0 aliphatic carbocycles. The van der Waals surface area contributed by atoms with Crippen molar-refractivity contribution in [2.75, 3.05) is 39.6 Å². The molecule has 5 atom stereocenters. The van der Waals surface area contributed by atoms with Crippen molar-refractivity contribution in [2.45, 2.75) is 354 Å². The second kappa shape index (κ2) is 76.6. The van der Waals surface area contributed by atoms with E-state index in [1.165, 1.54) is 57.8 Å². The Hall–Kier alpha value is -4.54. The highest BCUT2D eigenvalue weighted by molar-refractivity contribution is 7.47. The highest BCUT2D eigenvalue weighted by atomic mass is 31.2. The van der Waals surface area contributed by atoms with Gasteiger partial charge in [-0.2, -0.15) is 0 Å². The minimum Gasteiger partial charge on any atom is -0.462 e. The Morgan fingerprint density at radius 1 is 0.279 bits per heavy atom. The normalized spacial score (nSPS) is 14.5. The molecule has 17 nitrogen and oxygen atoms in total. The van der Waals surface area contributed by atoms with Crippen LogP contribution in [0.25, 0.3) is 0 Å². The summed E-state index contributed by atoms with van der Waals surface area (Å²) in [6.07, 6.45) is 84.5. The summed E-state index contributed by atoms with van der Waals surface area (Å²) in [7, 11) is -9.98. The number of aliphatic hydroxyl groups is 1. The molecule has 598 valence electrons. The lowest BCUT2D eigenvalue weighted by molar-refractivity contribution is -0.161. The molecule has 0 aromatic heterocycles. The molecule has 0 fully saturated rings. The highest BCUT2D eigenvalue weighted by Crippen LogP contribution is 2.45. The Morgan fingerprint density at radius 2 is 0.500 bits per heavy atom. The maximum absolute atomic E-state index is 13.1. The van der Waals surface area contributed by atoms with Gasteiger partial charge in [0.2, 0.25) is 0 Å². The molecule has 0 aliphatic heterocycles. The zero-order chi connectivity index (χ0) is 76.0. The van der Waals surface area contributed by atoms with Gasteiger partial charge in [-0.1, -0.05) is 278 Å². The van der Waals surface area contributed by atoms with E-state index in [4.69, 9.17) is 37.0 Å². The van der Waals surface area contributed by atoms with Crippen molar-refractivity contribution in [1.82, 2.24) is 0 Å². The number of unbranched alkanes of at least 4 members (excludes halogenated alkanes) is 30. The zero-order valence-corrected chi connectivity index (χ0v) is 67.2. The lowest BCUT2D eigenvalue weighted by Gasteiger charge is -2.21. The molecule has 0 aromatic carbocycles. The monoisotopic (exact) mass is 1500 g/mol. The quantitative estimate of drug-likeness (QED) is 0.0169. The second-order valence-electron chi connectivity index (χ2n) is 26.9. The predicted octanol–water partition coefficient (Wildman–Crippen LogP) is 23.9. The van der Waals surface area contributed by atoms with Crippen LogP contribution < -0.4 is 0 Å². The van der Waals surface area contributed by atoms with Gasteiger partial charge in [-0.3, -0.25) is 37.3 Å². The largest absolute Gasteiger partial charge is 0.472 e. The first-order chi connectivity index (χ1) is 50.7. The number of phosphoric ester groups is 2.